The first kappa shape index (κ1) is 35.9. The van der Waals surface area contributed by atoms with Gasteiger partial charge in [-0.3, -0.25) is 28.7 Å². The Morgan fingerprint density at radius 1 is 1.02 bits per heavy atom. The van der Waals surface area contributed by atoms with Gasteiger partial charge in [0.15, 0.2) is 0 Å². The van der Waals surface area contributed by atoms with Crippen LogP contribution in [0.25, 0.3) is 0 Å². The van der Waals surface area contributed by atoms with Gasteiger partial charge in [-0.25, -0.2) is 18.4 Å². The first-order valence-corrected chi connectivity index (χ1v) is 19.0. The van der Waals surface area contributed by atoms with Gasteiger partial charge in [-0.05, 0) is 67.8 Å². The summed E-state index contributed by atoms with van der Waals surface area (Å²) in [4.78, 5) is 78.1. The van der Waals surface area contributed by atoms with Crippen molar-refractivity contribution in [1.82, 2.24) is 35.5 Å². The van der Waals surface area contributed by atoms with Gasteiger partial charge in [0, 0.05) is 30.3 Å². The molecule has 0 bridgehead atoms. The van der Waals surface area contributed by atoms with E-state index in [-0.39, 0.29) is 28.5 Å². The molecule has 1 saturated heterocycles. The highest BCUT2D eigenvalue weighted by Gasteiger charge is 2.85. The van der Waals surface area contributed by atoms with E-state index >= 15 is 0 Å². The molecule has 15 heteroatoms. The lowest BCUT2D eigenvalue weighted by Gasteiger charge is -2.36. The molecule has 1 aliphatic heterocycles. The summed E-state index contributed by atoms with van der Waals surface area (Å²) < 4.78 is 27.5. The second kappa shape index (κ2) is 11.8. The lowest BCUT2D eigenvalue weighted by Crippen LogP contribution is -2.61. The van der Waals surface area contributed by atoms with Gasteiger partial charge in [0.1, 0.15) is 23.7 Å². The SMILES string of the molecule is C=C[C@@H]1C[C@]1(NC(=O)[C@@H]1C[C@@]2(CN1C(=O)[C@@H](NC(=O)[C@H](C)NC(=O)c1ncccn1)C(C)(C)C)C(C)(C)C21CCC1)C(=O)NS(=O)(=O)C1CC1. The van der Waals surface area contributed by atoms with Crippen LogP contribution in [0.5, 0.6) is 0 Å². The van der Waals surface area contributed by atoms with E-state index < -0.39 is 79.8 Å². The highest BCUT2D eigenvalue weighted by Crippen LogP contribution is 2.88. The maximum absolute atomic E-state index is 14.7. The van der Waals surface area contributed by atoms with Crippen LogP contribution < -0.4 is 20.7 Å². The number of rotatable bonds is 11. The second-order valence-corrected chi connectivity index (χ2v) is 18.5. The molecule has 6 atom stereocenters. The van der Waals surface area contributed by atoms with Crippen LogP contribution in [-0.4, -0.2) is 88.3 Å². The quantitative estimate of drug-likeness (QED) is 0.247. The summed E-state index contributed by atoms with van der Waals surface area (Å²) in [6, 6.07) is -1.51. The van der Waals surface area contributed by atoms with Crippen molar-refractivity contribution in [3.63, 3.8) is 0 Å². The third-order valence-electron chi connectivity index (χ3n) is 12.6. The molecular formula is C35H49N7O7S. The van der Waals surface area contributed by atoms with Gasteiger partial charge in [0.25, 0.3) is 11.8 Å². The van der Waals surface area contributed by atoms with E-state index in [4.69, 9.17) is 0 Å². The molecule has 1 aromatic rings. The first-order chi connectivity index (χ1) is 23.3. The summed E-state index contributed by atoms with van der Waals surface area (Å²) in [5, 5.41) is 7.68. The number of hydrogen-bond donors (Lipinski definition) is 4. The van der Waals surface area contributed by atoms with Crippen molar-refractivity contribution in [2.45, 2.75) is 115 Å². The predicted molar refractivity (Wildman–Crippen MR) is 182 cm³/mol. The summed E-state index contributed by atoms with van der Waals surface area (Å²) in [6.45, 7) is 15.4. The number of carbonyl (C=O) groups is 5. The Labute approximate surface area is 293 Å². The van der Waals surface area contributed by atoms with Gasteiger partial charge in [-0.15, -0.1) is 6.58 Å². The molecule has 6 rings (SSSR count). The zero-order chi connectivity index (χ0) is 36.7. The summed E-state index contributed by atoms with van der Waals surface area (Å²) >= 11 is 0. The van der Waals surface area contributed by atoms with Crippen LogP contribution in [0.4, 0.5) is 0 Å². The van der Waals surface area contributed by atoms with E-state index in [1.54, 1.807) is 11.0 Å². The number of aromatic nitrogens is 2. The molecule has 2 heterocycles. The van der Waals surface area contributed by atoms with E-state index in [2.05, 4.69) is 51.1 Å². The molecule has 5 aliphatic rings. The fourth-order valence-corrected chi connectivity index (χ4v) is 10.3. The standard InChI is InChI=1S/C35H49N7O7S/c1-8-21-17-35(21,30(47)41-50(48,49)22-11-12-22)40-27(44)23-18-34(32(6,7)33(34)13-9-14-33)19-42(23)29(46)24(31(3,4)5)39-26(43)20(2)38-28(45)25-36-15-10-16-37-25/h8,10,15-16,20-24H,1,9,11-14,17-19H2,2-7H3,(H,38,45)(H,39,43)(H,40,44)(H,41,47)/t20-,21+,23-,24+,34+,35+/m0/s1. The number of nitrogens with zero attached hydrogens (tertiary/aromatic N) is 3. The largest absolute Gasteiger partial charge is 0.342 e. The molecule has 272 valence electrons. The van der Waals surface area contributed by atoms with Gasteiger partial charge in [-0.1, -0.05) is 47.1 Å². The number of carbonyl (C=O) groups excluding carboxylic acids is 5. The van der Waals surface area contributed by atoms with E-state index in [0.29, 0.717) is 25.8 Å². The molecule has 1 aromatic heterocycles. The number of amides is 5. The molecule has 0 unspecified atom stereocenters. The van der Waals surface area contributed by atoms with Crippen molar-refractivity contribution in [2.75, 3.05) is 6.54 Å². The van der Waals surface area contributed by atoms with Crippen LogP contribution in [0.1, 0.15) is 97.1 Å². The Bertz CT molecular complexity index is 1730. The fourth-order valence-electron chi connectivity index (χ4n) is 8.91. The van der Waals surface area contributed by atoms with Crippen LogP contribution in [-0.2, 0) is 29.2 Å². The molecule has 14 nitrogen and oxygen atoms in total. The van der Waals surface area contributed by atoms with Gasteiger partial charge in [0.2, 0.25) is 33.6 Å². The van der Waals surface area contributed by atoms with E-state index in [0.717, 1.165) is 19.3 Å². The molecule has 5 fully saturated rings. The minimum atomic E-state index is -3.87. The maximum atomic E-state index is 14.7. The Morgan fingerprint density at radius 3 is 2.16 bits per heavy atom. The summed E-state index contributed by atoms with van der Waals surface area (Å²) in [6.07, 6.45) is 8.92. The van der Waals surface area contributed by atoms with Gasteiger partial charge < -0.3 is 20.9 Å². The number of nitrogens with one attached hydrogen (secondary N) is 4. The Morgan fingerprint density at radius 2 is 1.66 bits per heavy atom. The molecule has 0 aromatic carbocycles. The summed E-state index contributed by atoms with van der Waals surface area (Å²) in [5.41, 5.74) is -2.81. The van der Waals surface area contributed by atoms with Crippen molar-refractivity contribution in [3.05, 3.63) is 36.9 Å². The minimum absolute atomic E-state index is 0.0248. The lowest BCUT2D eigenvalue weighted by atomic mass is 9.73. The number of fused-ring (bicyclic) bond motifs is 1. The number of likely N-dealkylation sites (tertiary alicyclic amines) is 1. The van der Waals surface area contributed by atoms with Gasteiger partial charge in [-0.2, -0.15) is 0 Å². The average Bonchev–Trinajstić information content (AvgIpc) is 3.96. The highest BCUT2D eigenvalue weighted by atomic mass is 32.2. The third-order valence-corrected chi connectivity index (χ3v) is 14.4. The molecule has 5 amide bonds. The maximum Gasteiger partial charge on any atom is 0.289 e. The summed E-state index contributed by atoms with van der Waals surface area (Å²) in [7, 11) is -3.87. The van der Waals surface area contributed by atoms with Crippen molar-refractivity contribution in [1.29, 1.82) is 0 Å². The Hall–Kier alpha value is -3.88. The van der Waals surface area contributed by atoms with Gasteiger partial charge in [0.05, 0.1) is 5.25 Å². The fraction of sp³-hybridized carbons (Fsp3) is 0.686. The second-order valence-electron chi connectivity index (χ2n) is 16.6. The van der Waals surface area contributed by atoms with Gasteiger partial charge >= 0.3 is 0 Å². The third kappa shape index (κ3) is 5.59. The normalized spacial score (nSPS) is 30.0. The molecule has 2 spiro atoms. The van der Waals surface area contributed by atoms with E-state index in [9.17, 15) is 32.4 Å². The van der Waals surface area contributed by atoms with Crippen LogP contribution in [0.2, 0.25) is 0 Å². The van der Waals surface area contributed by atoms with E-state index in [1.165, 1.54) is 25.4 Å². The molecular weight excluding hydrogens is 662 g/mol. The van der Waals surface area contributed by atoms with Crippen molar-refractivity contribution < 1.29 is 32.4 Å². The monoisotopic (exact) mass is 711 g/mol. The molecule has 4 aliphatic carbocycles. The molecule has 50 heavy (non-hydrogen) atoms. The zero-order valence-electron chi connectivity index (χ0n) is 29.7. The topological polar surface area (TPSA) is 197 Å². The van der Waals surface area contributed by atoms with E-state index in [1.807, 2.05) is 20.8 Å². The van der Waals surface area contributed by atoms with Crippen LogP contribution in [0, 0.1) is 27.6 Å². The number of hydrogen-bond acceptors (Lipinski definition) is 9. The highest BCUT2D eigenvalue weighted by molar-refractivity contribution is 7.91. The van der Waals surface area contributed by atoms with Crippen molar-refractivity contribution >= 4 is 39.6 Å². The molecule has 4 N–H and O–H groups in total. The summed E-state index contributed by atoms with van der Waals surface area (Å²) in [5.74, 6) is -3.61. The average molecular weight is 712 g/mol. The minimum Gasteiger partial charge on any atom is -0.342 e. The van der Waals surface area contributed by atoms with Crippen LogP contribution >= 0.6 is 0 Å². The Balaban J connectivity index is 1.25. The first-order valence-electron chi connectivity index (χ1n) is 17.5. The molecule has 0 radical (unpaired) electrons. The van der Waals surface area contributed by atoms with Crippen molar-refractivity contribution in [2.24, 2.45) is 27.6 Å². The van der Waals surface area contributed by atoms with Crippen molar-refractivity contribution in [3.8, 4) is 0 Å². The molecule has 4 saturated carbocycles. The smallest absolute Gasteiger partial charge is 0.289 e. The number of sulfonamides is 1. The van der Waals surface area contributed by atoms with Crippen LogP contribution in [0.3, 0.4) is 0 Å². The van der Waals surface area contributed by atoms with Crippen LogP contribution in [0.15, 0.2) is 31.1 Å². The predicted octanol–water partition coefficient (Wildman–Crippen LogP) is 1.59. The zero-order valence-corrected chi connectivity index (χ0v) is 30.5. The Kier molecular flexibility index (Phi) is 8.51. The lowest BCUT2D eigenvalue weighted by molar-refractivity contribution is -0.144.